The Labute approximate surface area is 154 Å². The van der Waals surface area contributed by atoms with E-state index in [4.69, 9.17) is 4.52 Å². The number of aromatic nitrogens is 1. The third-order valence-electron chi connectivity index (χ3n) is 4.41. The van der Waals surface area contributed by atoms with Crippen LogP contribution in [0.2, 0.25) is 0 Å². The van der Waals surface area contributed by atoms with Crippen LogP contribution in [-0.4, -0.2) is 13.6 Å². The first-order chi connectivity index (χ1) is 12.3. The van der Waals surface area contributed by atoms with Crippen molar-refractivity contribution in [2.75, 3.05) is 4.72 Å². The van der Waals surface area contributed by atoms with Gasteiger partial charge in [0.25, 0.3) is 10.0 Å². The highest BCUT2D eigenvalue weighted by Gasteiger charge is 2.20. The van der Waals surface area contributed by atoms with Gasteiger partial charge in [0.05, 0.1) is 10.6 Å². The number of nitrogens with one attached hydrogen (secondary N) is 1. The Balaban J connectivity index is 2.00. The summed E-state index contributed by atoms with van der Waals surface area (Å²) in [5, 5.41) is 3.95. The molecule has 0 unspecified atom stereocenters. The molecule has 1 heterocycles. The lowest BCUT2D eigenvalue weighted by Gasteiger charge is -2.12. The molecule has 0 bridgehead atoms. The smallest absolute Gasteiger partial charge is 0.262 e. The van der Waals surface area contributed by atoms with Crippen molar-refractivity contribution in [1.29, 1.82) is 0 Å². The summed E-state index contributed by atoms with van der Waals surface area (Å²) in [6.07, 6.45) is 0.908. The Morgan fingerprint density at radius 1 is 1.04 bits per heavy atom. The fourth-order valence-corrected chi connectivity index (χ4v) is 4.29. The zero-order valence-electron chi connectivity index (χ0n) is 15.3. The van der Waals surface area contributed by atoms with Crippen molar-refractivity contribution >= 4 is 15.7 Å². The van der Waals surface area contributed by atoms with Crippen molar-refractivity contribution in [2.24, 2.45) is 0 Å². The van der Waals surface area contributed by atoms with Crippen LogP contribution in [0.5, 0.6) is 0 Å². The number of hydrogen-bond acceptors (Lipinski definition) is 4. The number of aryl methyl sites for hydroxylation is 4. The molecule has 26 heavy (non-hydrogen) atoms. The number of hydrogen-bond donors (Lipinski definition) is 1. The Bertz CT molecular complexity index is 1020. The number of sulfonamides is 1. The second kappa shape index (κ2) is 6.96. The van der Waals surface area contributed by atoms with Gasteiger partial charge < -0.3 is 4.52 Å². The SMILES string of the molecule is CCc1ccc(NS(=O)(=O)c2cc(-c3c(C)noc3C)ccc2C)cc1. The van der Waals surface area contributed by atoms with Gasteiger partial charge in [0.1, 0.15) is 5.76 Å². The van der Waals surface area contributed by atoms with Crippen LogP contribution >= 0.6 is 0 Å². The Hall–Kier alpha value is -2.60. The lowest BCUT2D eigenvalue weighted by molar-refractivity contribution is 0.393. The standard InChI is InChI=1S/C20H22N2O3S/c1-5-16-7-10-18(11-8-16)22-26(23,24)19-12-17(9-6-13(19)2)20-14(3)21-25-15(20)4/h6-12,22H,5H2,1-4H3. The monoisotopic (exact) mass is 370 g/mol. The van der Waals surface area contributed by atoms with E-state index >= 15 is 0 Å². The normalized spacial score (nSPS) is 11.5. The average molecular weight is 370 g/mol. The summed E-state index contributed by atoms with van der Waals surface area (Å²) < 4.78 is 33.7. The largest absolute Gasteiger partial charge is 0.361 e. The lowest BCUT2D eigenvalue weighted by Crippen LogP contribution is -2.14. The van der Waals surface area contributed by atoms with Crippen LogP contribution in [0, 0.1) is 20.8 Å². The summed E-state index contributed by atoms with van der Waals surface area (Å²) in [4.78, 5) is 0.245. The van der Waals surface area contributed by atoms with E-state index in [0.717, 1.165) is 28.8 Å². The van der Waals surface area contributed by atoms with Crippen molar-refractivity contribution in [3.63, 3.8) is 0 Å². The highest BCUT2D eigenvalue weighted by molar-refractivity contribution is 7.92. The van der Waals surface area contributed by atoms with Crippen LogP contribution in [0.4, 0.5) is 5.69 Å². The van der Waals surface area contributed by atoms with E-state index in [9.17, 15) is 8.42 Å². The Morgan fingerprint density at radius 3 is 2.31 bits per heavy atom. The van der Waals surface area contributed by atoms with Crippen molar-refractivity contribution in [2.45, 2.75) is 39.0 Å². The minimum Gasteiger partial charge on any atom is -0.361 e. The second-order valence-corrected chi connectivity index (χ2v) is 7.99. The molecule has 0 aliphatic rings. The molecule has 5 nitrogen and oxygen atoms in total. The molecule has 1 N–H and O–H groups in total. The first-order valence-corrected chi connectivity index (χ1v) is 9.96. The summed E-state index contributed by atoms with van der Waals surface area (Å²) in [5.41, 5.74) is 4.71. The van der Waals surface area contributed by atoms with Gasteiger partial charge in [0, 0.05) is 11.3 Å². The maximum absolute atomic E-state index is 12.9. The third-order valence-corrected chi connectivity index (χ3v) is 5.94. The van der Waals surface area contributed by atoms with E-state index in [1.54, 1.807) is 31.2 Å². The maximum Gasteiger partial charge on any atom is 0.262 e. The summed E-state index contributed by atoms with van der Waals surface area (Å²) in [5.74, 6) is 0.665. The third kappa shape index (κ3) is 3.51. The van der Waals surface area contributed by atoms with Gasteiger partial charge in [-0.2, -0.15) is 0 Å². The van der Waals surface area contributed by atoms with Gasteiger partial charge in [-0.05, 0) is 62.1 Å². The van der Waals surface area contributed by atoms with Gasteiger partial charge >= 0.3 is 0 Å². The lowest BCUT2D eigenvalue weighted by atomic mass is 10.0. The zero-order chi connectivity index (χ0) is 18.9. The molecule has 1 aromatic heterocycles. The predicted molar refractivity (Wildman–Crippen MR) is 103 cm³/mol. The van der Waals surface area contributed by atoms with E-state index < -0.39 is 10.0 Å². The molecule has 136 valence electrons. The van der Waals surface area contributed by atoms with E-state index in [1.165, 1.54) is 0 Å². The number of anilines is 1. The molecule has 3 rings (SSSR count). The number of rotatable bonds is 5. The van der Waals surface area contributed by atoms with Crippen LogP contribution in [0.3, 0.4) is 0 Å². The first-order valence-electron chi connectivity index (χ1n) is 8.47. The predicted octanol–water partition coefficient (Wildman–Crippen LogP) is 4.63. The van der Waals surface area contributed by atoms with Gasteiger partial charge in [-0.3, -0.25) is 4.72 Å². The quantitative estimate of drug-likeness (QED) is 0.711. The Morgan fingerprint density at radius 2 is 1.73 bits per heavy atom. The van der Waals surface area contributed by atoms with Gasteiger partial charge in [0.15, 0.2) is 0 Å². The minimum absolute atomic E-state index is 0.245. The molecule has 0 aliphatic heterocycles. The van der Waals surface area contributed by atoms with Crippen molar-refractivity contribution in [1.82, 2.24) is 5.16 Å². The first kappa shape index (κ1) is 18.2. The molecular formula is C20H22N2O3S. The van der Waals surface area contributed by atoms with Gasteiger partial charge in [0.2, 0.25) is 0 Å². The fraction of sp³-hybridized carbons (Fsp3) is 0.250. The summed E-state index contributed by atoms with van der Waals surface area (Å²) in [7, 11) is -3.70. The molecule has 2 aromatic carbocycles. The molecule has 0 fully saturated rings. The highest BCUT2D eigenvalue weighted by Crippen LogP contribution is 2.30. The van der Waals surface area contributed by atoms with Crippen molar-refractivity contribution in [3.8, 4) is 11.1 Å². The molecule has 0 atom stereocenters. The zero-order valence-corrected chi connectivity index (χ0v) is 16.1. The molecule has 6 heteroatoms. The van der Waals surface area contributed by atoms with Crippen LogP contribution in [-0.2, 0) is 16.4 Å². The van der Waals surface area contributed by atoms with E-state index in [1.807, 2.05) is 32.0 Å². The van der Waals surface area contributed by atoms with Gasteiger partial charge in [-0.1, -0.05) is 36.3 Å². The van der Waals surface area contributed by atoms with Crippen molar-refractivity contribution in [3.05, 3.63) is 65.0 Å². The van der Waals surface area contributed by atoms with Crippen LogP contribution < -0.4 is 4.72 Å². The number of benzene rings is 2. The summed E-state index contributed by atoms with van der Waals surface area (Å²) in [6.45, 7) is 7.50. The maximum atomic E-state index is 12.9. The van der Waals surface area contributed by atoms with Crippen LogP contribution in [0.25, 0.3) is 11.1 Å². The number of nitrogens with zero attached hydrogens (tertiary/aromatic N) is 1. The minimum atomic E-state index is -3.70. The van der Waals surface area contributed by atoms with Gasteiger partial charge in [-0.25, -0.2) is 8.42 Å². The summed E-state index contributed by atoms with van der Waals surface area (Å²) >= 11 is 0. The van der Waals surface area contributed by atoms with Crippen LogP contribution in [0.1, 0.15) is 29.5 Å². The molecule has 3 aromatic rings. The van der Waals surface area contributed by atoms with E-state index in [-0.39, 0.29) is 4.90 Å². The molecule has 0 aliphatic carbocycles. The van der Waals surface area contributed by atoms with Crippen molar-refractivity contribution < 1.29 is 12.9 Å². The van der Waals surface area contributed by atoms with Gasteiger partial charge in [-0.15, -0.1) is 0 Å². The molecule has 0 saturated carbocycles. The molecule has 0 radical (unpaired) electrons. The fourth-order valence-electron chi connectivity index (χ4n) is 2.96. The summed E-state index contributed by atoms with van der Waals surface area (Å²) in [6, 6.07) is 12.8. The molecule has 0 spiro atoms. The van der Waals surface area contributed by atoms with E-state index in [0.29, 0.717) is 17.0 Å². The topological polar surface area (TPSA) is 72.2 Å². The molecule has 0 amide bonds. The van der Waals surface area contributed by atoms with Crippen LogP contribution in [0.15, 0.2) is 51.9 Å². The van der Waals surface area contributed by atoms with E-state index in [2.05, 4.69) is 16.8 Å². The Kier molecular flexibility index (Phi) is 4.87. The highest BCUT2D eigenvalue weighted by atomic mass is 32.2. The molecule has 0 saturated heterocycles. The second-order valence-electron chi connectivity index (χ2n) is 6.34. The molecular weight excluding hydrogens is 348 g/mol. The average Bonchev–Trinajstić information content (AvgIpc) is 2.94.